The Balaban J connectivity index is 1.85. The van der Waals surface area contributed by atoms with E-state index >= 15 is 0 Å². The number of nitrogens with zero attached hydrogens (tertiary/aromatic N) is 3. The van der Waals surface area contributed by atoms with Gasteiger partial charge in [-0.25, -0.2) is 4.98 Å². The van der Waals surface area contributed by atoms with Gasteiger partial charge in [0.05, 0.1) is 12.8 Å². The largest absolute Gasteiger partial charge is 0.497 e. The lowest BCUT2D eigenvalue weighted by Crippen LogP contribution is -2.20. The summed E-state index contributed by atoms with van der Waals surface area (Å²) in [6, 6.07) is 13.6. The highest BCUT2D eigenvalue weighted by molar-refractivity contribution is 5.64. The van der Waals surface area contributed by atoms with E-state index in [0.717, 1.165) is 28.3 Å². The van der Waals surface area contributed by atoms with E-state index in [9.17, 15) is 4.79 Å². The molecule has 2 aromatic heterocycles. The molecule has 0 spiro atoms. The summed E-state index contributed by atoms with van der Waals surface area (Å²) in [6.07, 6.45) is 5.48. The van der Waals surface area contributed by atoms with Crippen LogP contribution in [-0.4, -0.2) is 21.1 Å². The van der Waals surface area contributed by atoms with Gasteiger partial charge >= 0.3 is 0 Å². The van der Waals surface area contributed by atoms with Crippen LogP contribution in [0.4, 0.5) is 0 Å². The molecule has 0 amide bonds. The molecule has 130 valence electrons. The predicted molar refractivity (Wildman–Crippen MR) is 102 cm³/mol. The quantitative estimate of drug-likeness (QED) is 0.568. The van der Waals surface area contributed by atoms with Gasteiger partial charge in [-0.05, 0) is 49.2 Å². The van der Waals surface area contributed by atoms with Crippen LogP contribution in [0.25, 0.3) is 22.6 Å². The second kappa shape index (κ2) is 6.19. The lowest BCUT2D eigenvalue weighted by atomic mass is 10.1. The molecule has 2 heterocycles. The maximum absolute atomic E-state index is 12.9. The van der Waals surface area contributed by atoms with Crippen LogP contribution in [0.1, 0.15) is 11.1 Å². The van der Waals surface area contributed by atoms with Crippen LogP contribution >= 0.6 is 0 Å². The number of methoxy groups -OCH3 is 1. The summed E-state index contributed by atoms with van der Waals surface area (Å²) in [5, 5.41) is 0. The maximum atomic E-state index is 12.9. The van der Waals surface area contributed by atoms with Gasteiger partial charge in [-0.15, -0.1) is 0 Å². The molecule has 0 bridgehead atoms. The number of aryl methyl sites for hydroxylation is 2. The van der Waals surface area contributed by atoms with Crippen LogP contribution in [0.2, 0.25) is 0 Å². The molecule has 0 unspecified atom stereocenters. The summed E-state index contributed by atoms with van der Waals surface area (Å²) >= 11 is 0. The molecule has 5 nitrogen and oxygen atoms in total. The van der Waals surface area contributed by atoms with Crippen LogP contribution < -0.4 is 10.3 Å². The number of hydrogen-bond acceptors (Lipinski definition) is 3. The fourth-order valence-corrected chi connectivity index (χ4v) is 2.98. The van der Waals surface area contributed by atoms with Gasteiger partial charge in [-0.1, -0.05) is 18.2 Å². The lowest BCUT2D eigenvalue weighted by molar-refractivity contribution is 0.415. The summed E-state index contributed by atoms with van der Waals surface area (Å²) in [7, 11) is 1.63. The van der Waals surface area contributed by atoms with E-state index in [1.807, 2.05) is 61.8 Å². The van der Waals surface area contributed by atoms with E-state index in [0.29, 0.717) is 5.65 Å². The molecule has 0 aliphatic heterocycles. The van der Waals surface area contributed by atoms with Crippen molar-refractivity contribution >= 4 is 5.65 Å². The third-order valence-corrected chi connectivity index (χ3v) is 4.65. The number of hydrogen-bond donors (Lipinski definition) is 0. The molecule has 4 rings (SSSR count). The number of imidazole rings is 1. The topological polar surface area (TPSA) is 48.5 Å². The Morgan fingerprint density at radius 1 is 1.00 bits per heavy atom. The van der Waals surface area contributed by atoms with Crippen molar-refractivity contribution in [2.75, 3.05) is 7.11 Å². The first-order valence-corrected chi connectivity index (χ1v) is 8.39. The highest BCUT2D eigenvalue weighted by Gasteiger charge is 2.11. The first-order chi connectivity index (χ1) is 12.6. The average Bonchev–Trinajstić information content (AvgIpc) is 3.10. The van der Waals surface area contributed by atoms with Crippen molar-refractivity contribution < 1.29 is 4.74 Å². The molecule has 0 aliphatic carbocycles. The zero-order chi connectivity index (χ0) is 18.3. The Morgan fingerprint density at radius 3 is 2.62 bits per heavy atom. The number of aromatic nitrogens is 3. The lowest BCUT2D eigenvalue weighted by Gasteiger charge is -2.08. The molecular formula is C21H19N3O2. The molecule has 2 aromatic carbocycles. The van der Waals surface area contributed by atoms with Crippen LogP contribution in [0.5, 0.6) is 5.75 Å². The van der Waals surface area contributed by atoms with Gasteiger partial charge in [-0.2, -0.15) is 0 Å². The Labute approximate surface area is 151 Å². The monoisotopic (exact) mass is 345 g/mol. The summed E-state index contributed by atoms with van der Waals surface area (Å²) in [5.41, 5.74) is 5.07. The molecule has 4 aromatic rings. The minimum atomic E-state index is -0.148. The Hall–Kier alpha value is -3.34. The van der Waals surface area contributed by atoms with Gasteiger partial charge in [0.1, 0.15) is 5.75 Å². The van der Waals surface area contributed by atoms with Crippen LogP contribution in [0.15, 0.2) is 65.8 Å². The average molecular weight is 345 g/mol. The minimum absolute atomic E-state index is 0.148. The second-order valence-corrected chi connectivity index (χ2v) is 6.33. The van der Waals surface area contributed by atoms with E-state index in [4.69, 9.17) is 4.74 Å². The zero-order valence-corrected chi connectivity index (χ0v) is 14.9. The third kappa shape index (κ3) is 2.67. The van der Waals surface area contributed by atoms with Crippen LogP contribution in [-0.2, 0) is 0 Å². The van der Waals surface area contributed by atoms with Gasteiger partial charge in [-0.3, -0.25) is 9.36 Å². The van der Waals surface area contributed by atoms with Crippen molar-refractivity contribution in [2.45, 2.75) is 13.8 Å². The summed E-state index contributed by atoms with van der Waals surface area (Å²) in [6.45, 7) is 4.10. The normalized spacial score (nSPS) is 11.0. The van der Waals surface area contributed by atoms with Gasteiger partial charge in [0.15, 0.2) is 0 Å². The van der Waals surface area contributed by atoms with E-state index in [-0.39, 0.29) is 5.56 Å². The fraction of sp³-hybridized carbons (Fsp3) is 0.143. The van der Waals surface area contributed by atoms with Crippen LogP contribution in [0, 0.1) is 13.8 Å². The molecular weight excluding hydrogens is 326 g/mol. The van der Waals surface area contributed by atoms with Gasteiger partial charge < -0.3 is 9.14 Å². The second-order valence-electron chi connectivity index (χ2n) is 6.33. The standard InChI is InChI=1S/C21H19N3O2/c1-14-7-8-17(11-15(14)2)24-10-9-23-13-19(22-20(23)21(24)25)16-5-4-6-18(12-16)26-3/h4-13H,1-3H3. The van der Waals surface area contributed by atoms with Crippen molar-refractivity contribution in [1.82, 2.24) is 14.0 Å². The molecule has 0 saturated carbocycles. The molecule has 0 aliphatic rings. The van der Waals surface area contributed by atoms with Crippen molar-refractivity contribution in [3.8, 4) is 22.7 Å². The molecule has 0 fully saturated rings. The Morgan fingerprint density at radius 2 is 1.85 bits per heavy atom. The molecule has 0 N–H and O–H groups in total. The van der Waals surface area contributed by atoms with E-state index in [2.05, 4.69) is 11.9 Å². The van der Waals surface area contributed by atoms with E-state index < -0.39 is 0 Å². The first-order valence-electron chi connectivity index (χ1n) is 8.39. The summed E-state index contributed by atoms with van der Waals surface area (Å²) < 4.78 is 8.66. The van der Waals surface area contributed by atoms with Crippen molar-refractivity contribution in [1.29, 1.82) is 0 Å². The smallest absolute Gasteiger partial charge is 0.298 e. The maximum Gasteiger partial charge on any atom is 0.298 e. The highest BCUT2D eigenvalue weighted by atomic mass is 16.5. The van der Waals surface area contributed by atoms with E-state index in [1.54, 1.807) is 22.3 Å². The number of ether oxygens (including phenoxy) is 1. The van der Waals surface area contributed by atoms with Crippen molar-refractivity contribution in [3.05, 3.63) is 82.5 Å². The van der Waals surface area contributed by atoms with Gasteiger partial charge in [0.25, 0.3) is 5.56 Å². The Kier molecular flexibility index (Phi) is 3.84. The molecule has 0 radical (unpaired) electrons. The van der Waals surface area contributed by atoms with Crippen molar-refractivity contribution in [3.63, 3.8) is 0 Å². The van der Waals surface area contributed by atoms with Gasteiger partial charge in [0.2, 0.25) is 5.65 Å². The molecule has 0 atom stereocenters. The van der Waals surface area contributed by atoms with Gasteiger partial charge in [0, 0.05) is 29.8 Å². The first kappa shape index (κ1) is 16.1. The molecule has 0 saturated heterocycles. The SMILES string of the molecule is COc1cccc(-c2cn3ccn(-c4ccc(C)c(C)c4)c(=O)c3n2)c1. The predicted octanol–water partition coefficient (Wildman–Crippen LogP) is 3.78. The molecule has 26 heavy (non-hydrogen) atoms. The number of benzene rings is 2. The third-order valence-electron chi connectivity index (χ3n) is 4.65. The fourth-order valence-electron chi connectivity index (χ4n) is 2.98. The van der Waals surface area contributed by atoms with Crippen LogP contribution in [0.3, 0.4) is 0 Å². The number of rotatable bonds is 3. The zero-order valence-electron chi connectivity index (χ0n) is 14.9. The highest BCUT2D eigenvalue weighted by Crippen LogP contribution is 2.23. The number of fused-ring (bicyclic) bond motifs is 1. The minimum Gasteiger partial charge on any atom is -0.497 e. The van der Waals surface area contributed by atoms with Crippen molar-refractivity contribution in [2.24, 2.45) is 0 Å². The Bertz CT molecular complexity index is 1170. The summed E-state index contributed by atoms with van der Waals surface area (Å²) in [5.74, 6) is 0.757. The summed E-state index contributed by atoms with van der Waals surface area (Å²) in [4.78, 5) is 17.5. The molecule has 5 heteroatoms. The van der Waals surface area contributed by atoms with E-state index in [1.165, 1.54) is 5.56 Å².